The van der Waals surface area contributed by atoms with E-state index in [1.54, 1.807) is 0 Å². The number of aliphatic hydroxyl groups excluding tert-OH is 1. The van der Waals surface area contributed by atoms with Crippen LogP contribution in [0.15, 0.2) is 0 Å². The Balaban J connectivity index is 1.47. The van der Waals surface area contributed by atoms with Crippen LogP contribution in [0.25, 0.3) is 0 Å². The molecule has 0 aromatic rings. The van der Waals surface area contributed by atoms with Crippen molar-refractivity contribution in [1.82, 2.24) is 0 Å². The summed E-state index contributed by atoms with van der Waals surface area (Å²) in [4.78, 5) is 13.9. The van der Waals surface area contributed by atoms with Gasteiger partial charge in [-0.15, -0.1) is 0 Å². The molecular formula is C30H50O3. The number of aliphatic hydroxyl groups is 1. The average Bonchev–Trinajstić information content (AvgIpc) is 3.21. The summed E-state index contributed by atoms with van der Waals surface area (Å²) < 4.78 is 6.39. The Bertz CT molecular complexity index is 787. The summed E-state index contributed by atoms with van der Waals surface area (Å²) in [5.41, 5.74) is -0.0624. The zero-order chi connectivity index (χ0) is 24.0. The van der Waals surface area contributed by atoms with Gasteiger partial charge >= 0.3 is 5.97 Å². The van der Waals surface area contributed by atoms with E-state index < -0.39 is 0 Å². The first-order valence-corrected chi connectivity index (χ1v) is 14.3. The Labute approximate surface area is 202 Å². The van der Waals surface area contributed by atoms with Crippen molar-refractivity contribution in [3.8, 4) is 0 Å². The molecule has 10 atom stereocenters. The molecule has 0 bridgehead atoms. The molecule has 0 aromatic carbocycles. The number of hydrogen-bond donors (Lipinski definition) is 1. The maximum absolute atomic E-state index is 13.9. The molecule has 5 aliphatic rings. The van der Waals surface area contributed by atoms with Gasteiger partial charge in [-0.1, -0.05) is 67.7 Å². The van der Waals surface area contributed by atoms with Crippen LogP contribution in [0.5, 0.6) is 0 Å². The lowest BCUT2D eigenvalue weighted by atomic mass is 9.37. The number of carbonyl (C=O) groups is 1. The highest BCUT2D eigenvalue weighted by Gasteiger charge is 2.77. The van der Waals surface area contributed by atoms with Gasteiger partial charge in [-0.25, -0.2) is 0 Å². The van der Waals surface area contributed by atoms with Gasteiger partial charge in [0.05, 0.1) is 11.5 Å². The van der Waals surface area contributed by atoms with Gasteiger partial charge in [-0.2, -0.15) is 0 Å². The smallest absolute Gasteiger partial charge is 0.313 e. The van der Waals surface area contributed by atoms with E-state index in [1.165, 1.54) is 38.5 Å². The van der Waals surface area contributed by atoms with E-state index in [9.17, 15) is 9.90 Å². The molecule has 1 N–H and O–H groups in total. The Hall–Kier alpha value is -0.570. The van der Waals surface area contributed by atoms with E-state index in [-0.39, 0.29) is 39.8 Å². The van der Waals surface area contributed by atoms with Crippen molar-refractivity contribution < 1.29 is 14.6 Å². The third kappa shape index (κ3) is 3.05. The van der Waals surface area contributed by atoms with E-state index in [0.717, 1.165) is 31.6 Å². The van der Waals surface area contributed by atoms with Gasteiger partial charge in [-0.05, 0) is 90.8 Å². The Morgan fingerprint density at radius 2 is 1.73 bits per heavy atom. The van der Waals surface area contributed by atoms with Gasteiger partial charge in [0.15, 0.2) is 0 Å². The number of ether oxygens (including phenoxy) is 1. The van der Waals surface area contributed by atoms with Crippen molar-refractivity contribution in [1.29, 1.82) is 0 Å². The molecule has 33 heavy (non-hydrogen) atoms. The molecule has 1 heterocycles. The van der Waals surface area contributed by atoms with Crippen LogP contribution in [0.2, 0.25) is 0 Å². The topological polar surface area (TPSA) is 46.5 Å². The SMILES string of the molecule is CC(C)CCC[C@@H](C)[C@H]1CC[C@]23C(=O)O[C@@H]4C[C@H]5C(C)(C)[C@@H](O)CC[C@]5(C)[C@@H](CC[C@]12C)[C@@H]43. The predicted molar refractivity (Wildman–Crippen MR) is 132 cm³/mol. The quantitative estimate of drug-likeness (QED) is 0.451. The molecule has 0 aromatic heterocycles. The van der Waals surface area contributed by atoms with Gasteiger partial charge in [0.25, 0.3) is 0 Å². The van der Waals surface area contributed by atoms with Crippen LogP contribution < -0.4 is 0 Å². The second-order valence-electron chi connectivity index (χ2n) is 14.6. The van der Waals surface area contributed by atoms with Crippen LogP contribution in [0, 0.1) is 57.2 Å². The first-order valence-electron chi connectivity index (χ1n) is 14.3. The maximum atomic E-state index is 13.9. The molecule has 0 unspecified atom stereocenters. The Morgan fingerprint density at radius 1 is 1.00 bits per heavy atom. The fraction of sp³-hybridized carbons (Fsp3) is 0.967. The first-order chi connectivity index (χ1) is 15.4. The molecule has 1 spiro atoms. The number of fused-ring (bicyclic) bond motifs is 2. The van der Waals surface area contributed by atoms with Gasteiger partial charge in [-0.3, -0.25) is 4.79 Å². The highest BCUT2D eigenvalue weighted by molar-refractivity contribution is 5.82. The van der Waals surface area contributed by atoms with Crippen LogP contribution >= 0.6 is 0 Å². The first kappa shape index (κ1) is 24.1. The largest absolute Gasteiger partial charge is 0.462 e. The number of rotatable bonds is 5. The van der Waals surface area contributed by atoms with Crippen molar-refractivity contribution in [2.24, 2.45) is 57.2 Å². The molecule has 0 radical (unpaired) electrons. The van der Waals surface area contributed by atoms with Crippen LogP contribution in [-0.2, 0) is 9.53 Å². The molecule has 1 aliphatic heterocycles. The lowest BCUT2D eigenvalue weighted by molar-refractivity contribution is -0.201. The van der Waals surface area contributed by atoms with Crippen LogP contribution in [0.4, 0.5) is 0 Å². The molecule has 5 fully saturated rings. The fourth-order valence-corrected chi connectivity index (χ4v) is 10.8. The third-order valence-electron chi connectivity index (χ3n) is 12.6. The van der Waals surface area contributed by atoms with E-state index in [1.807, 2.05) is 0 Å². The van der Waals surface area contributed by atoms with Crippen LogP contribution in [-0.4, -0.2) is 23.3 Å². The molecule has 188 valence electrons. The minimum atomic E-state index is -0.258. The molecule has 0 amide bonds. The number of carbonyl (C=O) groups excluding carboxylic acids is 1. The van der Waals surface area contributed by atoms with Crippen LogP contribution in [0.1, 0.15) is 113 Å². The van der Waals surface area contributed by atoms with E-state index >= 15 is 0 Å². The molecule has 5 rings (SSSR count). The fourth-order valence-electron chi connectivity index (χ4n) is 10.8. The summed E-state index contributed by atoms with van der Waals surface area (Å²) in [5.74, 6) is 3.64. The zero-order valence-electron chi connectivity index (χ0n) is 22.5. The van der Waals surface area contributed by atoms with Gasteiger partial charge in [0, 0.05) is 5.92 Å². The lowest BCUT2D eigenvalue weighted by Crippen LogP contribution is -2.64. The minimum absolute atomic E-state index is 0.0692. The Kier molecular flexibility index (Phi) is 5.64. The second kappa shape index (κ2) is 7.71. The molecule has 3 heteroatoms. The number of hydrogen-bond acceptors (Lipinski definition) is 3. The van der Waals surface area contributed by atoms with Crippen LogP contribution in [0.3, 0.4) is 0 Å². The minimum Gasteiger partial charge on any atom is -0.462 e. The van der Waals surface area contributed by atoms with Crippen molar-refractivity contribution in [2.75, 3.05) is 0 Å². The summed E-state index contributed by atoms with van der Waals surface area (Å²) in [5, 5.41) is 10.9. The maximum Gasteiger partial charge on any atom is 0.313 e. The van der Waals surface area contributed by atoms with E-state index in [4.69, 9.17) is 4.74 Å². The summed E-state index contributed by atoms with van der Waals surface area (Å²) in [6.07, 6.45) is 11.4. The molecule has 4 saturated carbocycles. The predicted octanol–water partition coefficient (Wildman–Crippen LogP) is 7.01. The standard InChI is InChI=1S/C30H50O3/c1-18(2)9-8-10-19(3)20-12-16-30-25-21(11-15-29(20,30)7)28(6)14-13-24(31)27(4,5)23(28)17-22(25)33-26(30)32/h18-25,31H,8-17H2,1-7H3/t19-,20-,21+,22-,23+,24+,25+,28-,29-,30+/m1/s1. The summed E-state index contributed by atoms with van der Waals surface area (Å²) in [6.45, 7) is 16.7. The third-order valence-corrected chi connectivity index (χ3v) is 12.6. The Morgan fingerprint density at radius 3 is 2.42 bits per heavy atom. The average molecular weight is 459 g/mol. The normalized spacial score (nSPS) is 51.0. The summed E-state index contributed by atoms with van der Waals surface area (Å²) in [7, 11) is 0. The molecular weight excluding hydrogens is 408 g/mol. The second-order valence-corrected chi connectivity index (χ2v) is 14.6. The van der Waals surface area contributed by atoms with Crippen molar-refractivity contribution in [2.45, 2.75) is 125 Å². The van der Waals surface area contributed by atoms with Crippen molar-refractivity contribution in [3.63, 3.8) is 0 Å². The van der Waals surface area contributed by atoms with Crippen molar-refractivity contribution >= 4 is 5.97 Å². The molecule has 1 saturated heterocycles. The van der Waals surface area contributed by atoms with E-state index in [2.05, 4.69) is 48.5 Å². The highest BCUT2D eigenvalue weighted by Crippen LogP contribution is 2.77. The summed E-state index contributed by atoms with van der Waals surface area (Å²) >= 11 is 0. The lowest BCUT2D eigenvalue weighted by Gasteiger charge is -2.65. The van der Waals surface area contributed by atoms with E-state index in [0.29, 0.717) is 29.6 Å². The van der Waals surface area contributed by atoms with Crippen molar-refractivity contribution in [3.05, 3.63) is 0 Å². The molecule has 4 aliphatic carbocycles. The van der Waals surface area contributed by atoms with Gasteiger partial charge in [0.1, 0.15) is 6.10 Å². The van der Waals surface area contributed by atoms with Gasteiger partial charge in [0.2, 0.25) is 0 Å². The van der Waals surface area contributed by atoms with Gasteiger partial charge < -0.3 is 9.84 Å². The molecule has 3 nitrogen and oxygen atoms in total. The summed E-state index contributed by atoms with van der Waals surface area (Å²) in [6, 6.07) is 0. The highest BCUT2D eigenvalue weighted by atomic mass is 16.6. The number of esters is 1. The zero-order valence-corrected chi connectivity index (χ0v) is 22.5. The monoisotopic (exact) mass is 458 g/mol.